The van der Waals surface area contributed by atoms with E-state index in [1.165, 1.54) is 11.8 Å². The lowest BCUT2D eigenvalue weighted by molar-refractivity contribution is -0.150. The molecule has 1 N–H and O–H groups in total. The highest BCUT2D eigenvalue weighted by Crippen LogP contribution is 2.29. The molecular weight excluding hydrogens is 324 g/mol. The fourth-order valence-corrected chi connectivity index (χ4v) is 3.07. The molecule has 2 amide bonds. The Morgan fingerprint density at radius 2 is 2.00 bits per heavy atom. The summed E-state index contributed by atoms with van der Waals surface area (Å²) in [4.78, 5) is 38.4. The van der Waals surface area contributed by atoms with Gasteiger partial charge in [0.1, 0.15) is 11.8 Å². The number of carbonyl (C=O) groups is 3. The first-order valence-corrected chi connectivity index (χ1v) is 8.54. The third kappa shape index (κ3) is 3.92. The zero-order valence-electron chi connectivity index (χ0n) is 14.2. The minimum absolute atomic E-state index is 0.00533. The van der Waals surface area contributed by atoms with Gasteiger partial charge in [0.25, 0.3) is 5.91 Å². The standard InChI is InChI=1S/C18H22N2O5/c1-12(18(23)24)20(14-4-5-14)17(22)11-25-15-8-6-13(7-9-15)19-10-2-3-16(19)21/h6-9,12,14H,2-5,10-11H2,1H3,(H,23,24). The number of carboxylic acid groups (broad SMARTS) is 1. The Hall–Kier alpha value is -2.57. The summed E-state index contributed by atoms with van der Waals surface area (Å²) < 4.78 is 5.51. The first kappa shape index (κ1) is 17.3. The zero-order chi connectivity index (χ0) is 18.0. The number of aliphatic carboxylic acids is 1. The maximum absolute atomic E-state index is 12.3. The normalized spacial score (nSPS) is 18.1. The number of rotatable bonds is 7. The molecule has 2 fully saturated rings. The van der Waals surface area contributed by atoms with Crippen LogP contribution in [0.2, 0.25) is 0 Å². The SMILES string of the molecule is CC(C(=O)O)N(C(=O)COc1ccc(N2CCCC2=O)cc1)C1CC1. The lowest BCUT2D eigenvalue weighted by Gasteiger charge is -2.26. The van der Waals surface area contributed by atoms with Crippen molar-refractivity contribution < 1.29 is 24.2 Å². The molecule has 1 aliphatic carbocycles. The van der Waals surface area contributed by atoms with E-state index >= 15 is 0 Å². The molecule has 25 heavy (non-hydrogen) atoms. The van der Waals surface area contributed by atoms with Crippen molar-refractivity contribution in [3.63, 3.8) is 0 Å². The van der Waals surface area contributed by atoms with Crippen LogP contribution in [-0.2, 0) is 14.4 Å². The van der Waals surface area contributed by atoms with Gasteiger partial charge in [-0.1, -0.05) is 0 Å². The van der Waals surface area contributed by atoms with Gasteiger partial charge in [-0.2, -0.15) is 0 Å². The summed E-state index contributed by atoms with van der Waals surface area (Å²) in [7, 11) is 0. The average molecular weight is 346 g/mol. The molecule has 1 saturated carbocycles. The van der Waals surface area contributed by atoms with Crippen LogP contribution in [0.1, 0.15) is 32.6 Å². The van der Waals surface area contributed by atoms with E-state index in [9.17, 15) is 14.4 Å². The van der Waals surface area contributed by atoms with Crippen LogP contribution in [0.4, 0.5) is 5.69 Å². The Morgan fingerprint density at radius 3 is 2.52 bits per heavy atom. The van der Waals surface area contributed by atoms with Crippen LogP contribution in [0.5, 0.6) is 5.75 Å². The first-order valence-electron chi connectivity index (χ1n) is 8.54. The van der Waals surface area contributed by atoms with Gasteiger partial charge in [0.15, 0.2) is 6.61 Å². The third-order valence-corrected chi connectivity index (χ3v) is 4.59. The molecule has 0 aromatic heterocycles. The van der Waals surface area contributed by atoms with Crippen molar-refractivity contribution in [1.29, 1.82) is 0 Å². The largest absolute Gasteiger partial charge is 0.484 e. The Morgan fingerprint density at radius 1 is 1.32 bits per heavy atom. The quantitative estimate of drug-likeness (QED) is 0.811. The molecule has 1 aromatic rings. The van der Waals surface area contributed by atoms with Crippen molar-refractivity contribution in [3.8, 4) is 5.75 Å². The molecule has 1 aromatic carbocycles. The molecule has 7 nitrogen and oxygen atoms in total. The number of ether oxygens (including phenoxy) is 1. The topological polar surface area (TPSA) is 87.2 Å². The third-order valence-electron chi connectivity index (χ3n) is 4.59. The van der Waals surface area contributed by atoms with E-state index in [0.717, 1.165) is 31.5 Å². The van der Waals surface area contributed by atoms with E-state index in [1.807, 2.05) is 0 Å². The highest BCUT2D eigenvalue weighted by Gasteiger charge is 2.38. The Kier molecular flexibility index (Phi) is 4.92. The molecule has 7 heteroatoms. The number of nitrogens with zero attached hydrogens (tertiary/aromatic N) is 2. The Bertz CT molecular complexity index is 669. The van der Waals surface area contributed by atoms with Gasteiger partial charge in [0.05, 0.1) is 0 Å². The zero-order valence-corrected chi connectivity index (χ0v) is 14.2. The molecule has 0 spiro atoms. The maximum Gasteiger partial charge on any atom is 0.326 e. The van der Waals surface area contributed by atoms with E-state index in [1.54, 1.807) is 29.2 Å². The van der Waals surface area contributed by atoms with Crippen molar-refractivity contribution >= 4 is 23.5 Å². The maximum atomic E-state index is 12.3. The summed E-state index contributed by atoms with van der Waals surface area (Å²) in [6, 6.07) is 6.17. The molecule has 0 bridgehead atoms. The molecule has 1 heterocycles. The Balaban J connectivity index is 1.58. The number of anilines is 1. The molecule has 1 unspecified atom stereocenters. The van der Waals surface area contributed by atoms with Crippen LogP contribution in [0, 0.1) is 0 Å². The molecule has 1 saturated heterocycles. The average Bonchev–Trinajstić information content (AvgIpc) is 3.33. The van der Waals surface area contributed by atoms with Crippen molar-refractivity contribution in [2.75, 3.05) is 18.1 Å². The van der Waals surface area contributed by atoms with Crippen molar-refractivity contribution in [2.24, 2.45) is 0 Å². The summed E-state index contributed by atoms with van der Waals surface area (Å²) >= 11 is 0. The molecule has 1 atom stereocenters. The van der Waals surface area contributed by atoms with E-state index in [-0.39, 0.29) is 24.5 Å². The number of amides is 2. The van der Waals surface area contributed by atoms with Crippen LogP contribution < -0.4 is 9.64 Å². The summed E-state index contributed by atoms with van der Waals surface area (Å²) in [6.07, 6.45) is 3.11. The van der Waals surface area contributed by atoms with Crippen molar-refractivity contribution in [3.05, 3.63) is 24.3 Å². The fourth-order valence-electron chi connectivity index (χ4n) is 3.07. The Labute approximate surface area is 146 Å². The summed E-state index contributed by atoms with van der Waals surface area (Å²) in [6.45, 7) is 2.04. The molecule has 134 valence electrons. The molecular formula is C18H22N2O5. The second kappa shape index (κ2) is 7.13. The predicted molar refractivity (Wildman–Crippen MR) is 90.5 cm³/mol. The summed E-state index contributed by atoms with van der Waals surface area (Å²) in [5.74, 6) is -0.704. The van der Waals surface area contributed by atoms with Gasteiger partial charge >= 0.3 is 5.97 Å². The molecule has 0 radical (unpaired) electrons. The van der Waals surface area contributed by atoms with Gasteiger partial charge in [-0.3, -0.25) is 9.59 Å². The number of carbonyl (C=O) groups excluding carboxylic acids is 2. The van der Waals surface area contributed by atoms with Gasteiger partial charge in [0.2, 0.25) is 5.91 Å². The van der Waals surface area contributed by atoms with Crippen LogP contribution in [0.3, 0.4) is 0 Å². The van der Waals surface area contributed by atoms with E-state index in [2.05, 4.69) is 0 Å². The highest BCUT2D eigenvalue weighted by atomic mass is 16.5. The van der Waals surface area contributed by atoms with Crippen LogP contribution in [-0.4, -0.2) is 53.0 Å². The number of carboxylic acids is 1. The van der Waals surface area contributed by atoms with E-state index < -0.39 is 12.0 Å². The predicted octanol–water partition coefficient (Wildman–Crippen LogP) is 1.66. The second-order valence-electron chi connectivity index (χ2n) is 6.48. The van der Waals surface area contributed by atoms with E-state index in [0.29, 0.717) is 12.2 Å². The number of benzene rings is 1. The molecule has 2 aliphatic rings. The first-order chi connectivity index (χ1) is 12.0. The molecule has 1 aliphatic heterocycles. The minimum Gasteiger partial charge on any atom is -0.484 e. The van der Waals surface area contributed by atoms with E-state index in [4.69, 9.17) is 9.84 Å². The fraction of sp³-hybridized carbons (Fsp3) is 0.500. The second-order valence-corrected chi connectivity index (χ2v) is 6.48. The van der Waals surface area contributed by atoms with Gasteiger partial charge in [-0.25, -0.2) is 4.79 Å². The van der Waals surface area contributed by atoms with Gasteiger partial charge < -0.3 is 19.6 Å². The van der Waals surface area contributed by atoms with Crippen LogP contribution in [0.25, 0.3) is 0 Å². The number of hydrogen-bond acceptors (Lipinski definition) is 4. The smallest absolute Gasteiger partial charge is 0.326 e. The van der Waals surface area contributed by atoms with Gasteiger partial charge in [-0.05, 0) is 50.5 Å². The minimum atomic E-state index is -1.01. The van der Waals surface area contributed by atoms with Crippen molar-refractivity contribution in [1.82, 2.24) is 4.90 Å². The van der Waals surface area contributed by atoms with Crippen LogP contribution >= 0.6 is 0 Å². The van der Waals surface area contributed by atoms with Gasteiger partial charge in [0, 0.05) is 24.7 Å². The lowest BCUT2D eigenvalue weighted by atomic mass is 10.2. The van der Waals surface area contributed by atoms with Crippen LogP contribution in [0.15, 0.2) is 24.3 Å². The summed E-state index contributed by atoms with van der Waals surface area (Å²) in [5, 5.41) is 9.15. The highest BCUT2D eigenvalue weighted by molar-refractivity contribution is 5.95. The molecule has 3 rings (SSSR count). The summed E-state index contributed by atoms with van der Waals surface area (Å²) in [5.41, 5.74) is 0.820. The van der Waals surface area contributed by atoms with Gasteiger partial charge in [-0.15, -0.1) is 0 Å². The lowest BCUT2D eigenvalue weighted by Crippen LogP contribution is -2.46. The van der Waals surface area contributed by atoms with Crippen molar-refractivity contribution in [2.45, 2.75) is 44.7 Å². The monoisotopic (exact) mass is 346 g/mol. The number of hydrogen-bond donors (Lipinski definition) is 1.